The van der Waals surface area contributed by atoms with Crippen LogP contribution in [-0.2, 0) is 9.47 Å². The molecule has 1 aliphatic rings. The van der Waals surface area contributed by atoms with Crippen LogP contribution in [0, 0.1) is 11.8 Å². The molecule has 2 atom stereocenters. The van der Waals surface area contributed by atoms with Gasteiger partial charge in [-0.2, -0.15) is 4.98 Å². The van der Waals surface area contributed by atoms with Gasteiger partial charge in [-0.25, -0.2) is 4.79 Å². The van der Waals surface area contributed by atoms with E-state index in [2.05, 4.69) is 24.1 Å². The van der Waals surface area contributed by atoms with E-state index in [4.69, 9.17) is 14.2 Å². The van der Waals surface area contributed by atoms with Crippen molar-refractivity contribution in [3.63, 3.8) is 0 Å². The number of esters is 1. The summed E-state index contributed by atoms with van der Waals surface area (Å²) in [5.74, 6) is 1.44. The molecule has 1 aliphatic heterocycles. The van der Waals surface area contributed by atoms with Gasteiger partial charge in [0.05, 0.1) is 20.3 Å². The molecule has 2 rings (SSSR count). The van der Waals surface area contributed by atoms with Crippen molar-refractivity contribution in [2.75, 3.05) is 32.7 Å². The Morgan fingerprint density at radius 3 is 2.87 bits per heavy atom. The quantitative estimate of drug-likeness (QED) is 0.812. The van der Waals surface area contributed by atoms with Crippen LogP contribution in [0.4, 0.5) is 5.82 Å². The van der Waals surface area contributed by atoms with E-state index in [0.29, 0.717) is 23.2 Å². The first-order valence-electron chi connectivity index (χ1n) is 8.05. The molecule has 128 valence electrons. The third-order valence-electron chi connectivity index (χ3n) is 4.16. The fraction of sp³-hybridized carbons (Fsp3) is 0.647. The lowest BCUT2D eigenvalue weighted by Crippen LogP contribution is -2.37. The number of aromatic nitrogens is 1. The van der Waals surface area contributed by atoms with E-state index in [9.17, 15) is 4.79 Å². The van der Waals surface area contributed by atoms with Crippen molar-refractivity contribution in [2.24, 2.45) is 11.8 Å². The van der Waals surface area contributed by atoms with Crippen LogP contribution in [-0.4, -0.2) is 44.4 Å². The van der Waals surface area contributed by atoms with Crippen LogP contribution >= 0.6 is 0 Å². The normalized spacial score (nSPS) is 21.1. The zero-order valence-corrected chi connectivity index (χ0v) is 14.3. The molecule has 1 aromatic rings. The number of carbonyl (C=O) groups excluding carboxylic acids is 1. The number of carbonyl (C=O) groups is 1. The van der Waals surface area contributed by atoms with Gasteiger partial charge in [0.25, 0.3) is 0 Å². The maximum Gasteiger partial charge on any atom is 0.343 e. The van der Waals surface area contributed by atoms with Gasteiger partial charge >= 0.3 is 5.97 Å². The number of nitrogens with one attached hydrogen (secondary N) is 1. The topological polar surface area (TPSA) is 69.7 Å². The van der Waals surface area contributed by atoms with Crippen LogP contribution in [0.1, 0.15) is 37.0 Å². The SMILES string of the molecule is COC(=O)c1ccc(NCC2CCCOC2C(C)C)nc1OC. The monoisotopic (exact) mass is 322 g/mol. The standard InChI is InChI=1S/C17H26N2O4/c1-11(2)15-12(6-5-9-23-15)10-18-14-8-7-13(17(20)22-4)16(19-14)21-3/h7-8,11-12,15H,5-6,9-10H2,1-4H3,(H,18,19). The lowest BCUT2D eigenvalue weighted by Gasteiger charge is -2.34. The predicted octanol–water partition coefficient (Wildman–Crippen LogP) is 2.74. The summed E-state index contributed by atoms with van der Waals surface area (Å²) in [6.07, 6.45) is 2.51. The molecule has 2 heterocycles. The lowest BCUT2D eigenvalue weighted by atomic mass is 9.87. The van der Waals surface area contributed by atoms with Crippen LogP contribution in [0.3, 0.4) is 0 Å². The fourth-order valence-electron chi connectivity index (χ4n) is 3.02. The number of methoxy groups -OCH3 is 2. The van der Waals surface area contributed by atoms with Gasteiger partial charge in [-0.3, -0.25) is 0 Å². The highest BCUT2D eigenvalue weighted by Gasteiger charge is 2.28. The first kappa shape index (κ1) is 17.5. The van der Waals surface area contributed by atoms with Crippen LogP contribution in [0.25, 0.3) is 0 Å². The maximum absolute atomic E-state index is 11.6. The van der Waals surface area contributed by atoms with Gasteiger partial charge in [0, 0.05) is 19.1 Å². The second-order valence-electron chi connectivity index (χ2n) is 6.11. The van der Waals surface area contributed by atoms with Crippen molar-refractivity contribution >= 4 is 11.8 Å². The van der Waals surface area contributed by atoms with E-state index in [1.165, 1.54) is 14.2 Å². The minimum Gasteiger partial charge on any atom is -0.480 e. The summed E-state index contributed by atoms with van der Waals surface area (Å²) >= 11 is 0. The molecular formula is C17H26N2O4. The van der Waals surface area contributed by atoms with Crippen molar-refractivity contribution in [2.45, 2.75) is 32.8 Å². The summed E-state index contributed by atoms with van der Waals surface area (Å²) in [7, 11) is 2.82. The predicted molar refractivity (Wildman–Crippen MR) is 87.9 cm³/mol. The molecule has 0 saturated carbocycles. The Balaban J connectivity index is 2.04. The molecule has 6 heteroatoms. The number of anilines is 1. The Labute approximate surface area is 137 Å². The smallest absolute Gasteiger partial charge is 0.343 e. The number of hydrogen-bond acceptors (Lipinski definition) is 6. The number of hydrogen-bond donors (Lipinski definition) is 1. The molecule has 1 fully saturated rings. The van der Waals surface area contributed by atoms with Crippen LogP contribution < -0.4 is 10.1 Å². The van der Waals surface area contributed by atoms with Gasteiger partial charge in [-0.15, -0.1) is 0 Å². The Bertz CT molecular complexity index is 533. The first-order chi connectivity index (χ1) is 11.1. The van der Waals surface area contributed by atoms with Crippen LogP contribution in [0.2, 0.25) is 0 Å². The lowest BCUT2D eigenvalue weighted by molar-refractivity contribution is -0.0481. The second kappa shape index (κ2) is 8.15. The summed E-state index contributed by atoms with van der Waals surface area (Å²) < 4.78 is 15.8. The molecule has 0 aliphatic carbocycles. The summed E-state index contributed by atoms with van der Waals surface area (Å²) in [5.41, 5.74) is 0.321. The van der Waals surface area contributed by atoms with Crippen molar-refractivity contribution in [1.29, 1.82) is 0 Å². The number of ether oxygens (including phenoxy) is 3. The minimum atomic E-state index is -0.457. The van der Waals surface area contributed by atoms with Crippen molar-refractivity contribution < 1.29 is 19.0 Å². The molecule has 1 N–H and O–H groups in total. The molecule has 2 unspecified atom stereocenters. The van der Waals surface area contributed by atoms with Crippen molar-refractivity contribution in [3.8, 4) is 5.88 Å². The van der Waals surface area contributed by atoms with Gasteiger partial charge in [-0.1, -0.05) is 13.8 Å². The molecule has 0 radical (unpaired) electrons. The van der Waals surface area contributed by atoms with E-state index >= 15 is 0 Å². The van der Waals surface area contributed by atoms with E-state index < -0.39 is 5.97 Å². The zero-order chi connectivity index (χ0) is 16.8. The highest BCUT2D eigenvalue weighted by atomic mass is 16.5. The summed E-state index contributed by atoms with van der Waals surface area (Å²) in [5, 5.41) is 3.33. The number of nitrogens with zero attached hydrogens (tertiary/aromatic N) is 1. The Kier molecular flexibility index (Phi) is 6.21. The molecule has 0 spiro atoms. The number of rotatable bonds is 6. The van der Waals surface area contributed by atoms with E-state index in [1.807, 2.05) is 0 Å². The summed E-state index contributed by atoms with van der Waals surface area (Å²) in [6, 6.07) is 3.43. The third-order valence-corrected chi connectivity index (χ3v) is 4.16. The zero-order valence-electron chi connectivity index (χ0n) is 14.3. The largest absolute Gasteiger partial charge is 0.480 e. The van der Waals surface area contributed by atoms with Gasteiger partial charge in [0.1, 0.15) is 11.4 Å². The average Bonchev–Trinajstić information content (AvgIpc) is 2.59. The first-order valence-corrected chi connectivity index (χ1v) is 8.05. The molecule has 0 bridgehead atoms. The molecule has 6 nitrogen and oxygen atoms in total. The maximum atomic E-state index is 11.6. The molecule has 1 aromatic heterocycles. The Morgan fingerprint density at radius 2 is 2.22 bits per heavy atom. The van der Waals surface area contributed by atoms with Crippen molar-refractivity contribution in [1.82, 2.24) is 4.98 Å². The minimum absolute atomic E-state index is 0.266. The molecular weight excluding hydrogens is 296 g/mol. The highest BCUT2D eigenvalue weighted by Crippen LogP contribution is 2.27. The van der Waals surface area contributed by atoms with E-state index in [1.54, 1.807) is 12.1 Å². The Hall–Kier alpha value is -1.82. The van der Waals surface area contributed by atoms with E-state index in [0.717, 1.165) is 26.0 Å². The molecule has 23 heavy (non-hydrogen) atoms. The second-order valence-corrected chi connectivity index (χ2v) is 6.11. The summed E-state index contributed by atoms with van der Waals surface area (Å²) in [6.45, 7) is 6.01. The summed E-state index contributed by atoms with van der Waals surface area (Å²) in [4.78, 5) is 16.0. The van der Waals surface area contributed by atoms with Crippen LogP contribution in [0.15, 0.2) is 12.1 Å². The van der Waals surface area contributed by atoms with Gasteiger partial charge in [0.2, 0.25) is 5.88 Å². The van der Waals surface area contributed by atoms with Gasteiger partial charge < -0.3 is 19.5 Å². The molecule has 1 saturated heterocycles. The number of pyridine rings is 1. The molecule has 0 aromatic carbocycles. The third kappa shape index (κ3) is 4.34. The highest BCUT2D eigenvalue weighted by molar-refractivity contribution is 5.92. The molecule has 0 amide bonds. The van der Waals surface area contributed by atoms with Gasteiger partial charge in [0.15, 0.2) is 0 Å². The average molecular weight is 322 g/mol. The Morgan fingerprint density at radius 1 is 1.43 bits per heavy atom. The fourth-order valence-corrected chi connectivity index (χ4v) is 3.02. The van der Waals surface area contributed by atoms with Gasteiger partial charge in [-0.05, 0) is 30.9 Å². The van der Waals surface area contributed by atoms with Crippen molar-refractivity contribution in [3.05, 3.63) is 17.7 Å². The van der Waals surface area contributed by atoms with Crippen LogP contribution in [0.5, 0.6) is 5.88 Å². The van der Waals surface area contributed by atoms with E-state index in [-0.39, 0.29) is 12.0 Å².